The molecule has 4 N–H and O–H groups in total. The lowest BCUT2D eigenvalue weighted by atomic mass is 9.89. The van der Waals surface area contributed by atoms with Crippen LogP contribution in [0.15, 0.2) is 0 Å². The second-order valence-electron chi connectivity index (χ2n) is 6.22. The van der Waals surface area contributed by atoms with Gasteiger partial charge in [-0.1, -0.05) is 20.8 Å². The number of nitrogens with one attached hydrogen (secondary N) is 1. The van der Waals surface area contributed by atoms with Crippen molar-refractivity contribution < 1.29 is 14.6 Å². The summed E-state index contributed by atoms with van der Waals surface area (Å²) in [4.78, 5) is 11.8. The topological polar surface area (TPSA) is 84.6 Å². The highest BCUT2D eigenvalue weighted by Gasteiger charge is 2.30. The monoisotopic (exact) mass is 258 g/mol. The molecule has 0 aromatic heterocycles. The molecule has 1 saturated heterocycles. The molecule has 0 aliphatic carbocycles. The molecule has 1 heterocycles. The highest BCUT2D eigenvalue weighted by atomic mass is 16.5. The van der Waals surface area contributed by atoms with Gasteiger partial charge in [0.2, 0.25) is 5.91 Å². The molecular weight excluding hydrogens is 232 g/mol. The fourth-order valence-corrected chi connectivity index (χ4v) is 2.18. The molecule has 106 valence electrons. The van der Waals surface area contributed by atoms with E-state index in [2.05, 4.69) is 26.1 Å². The van der Waals surface area contributed by atoms with Gasteiger partial charge in [0.05, 0.1) is 12.2 Å². The minimum Gasteiger partial charge on any atom is -0.391 e. The molecule has 0 saturated carbocycles. The number of ether oxygens (including phenoxy) is 1. The van der Waals surface area contributed by atoms with Gasteiger partial charge in [-0.05, 0) is 24.7 Å². The summed E-state index contributed by atoms with van der Waals surface area (Å²) in [6, 6.07) is 0. The van der Waals surface area contributed by atoms with E-state index < -0.39 is 12.2 Å². The van der Waals surface area contributed by atoms with Crippen molar-refractivity contribution in [3.8, 4) is 0 Å². The van der Waals surface area contributed by atoms with E-state index in [9.17, 15) is 9.90 Å². The normalized spacial score (nSPS) is 26.1. The first-order valence-electron chi connectivity index (χ1n) is 6.63. The first-order chi connectivity index (χ1) is 8.31. The van der Waals surface area contributed by atoms with E-state index in [0.29, 0.717) is 19.4 Å². The molecule has 18 heavy (non-hydrogen) atoms. The molecule has 0 aromatic rings. The van der Waals surface area contributed by atoms with Gasteiger partial charge in [-0.2, -0.15) is 0 Å². The van der Waals surface area contributed by atoms with E-state index in [-0.39, 0.29) is 24.0 Å². The van der Waals surface area contributed by atoms with Gasteiger partial charge in [0, 0.05) is 13.1 Å². The van der Waals surface area contributed by atoms with Crippen LogP contribution in [0.2, 0.25) is 0 Å². The minimum atomic E-state index is -0.513. The van der Waals surface area contributed by atoms with Crippen LogP contribution in [0.25, 0.3) is 0 Å². The standard InChI is InChI=1S/C13H26N2O3/c1-13(2,3)6-9(16)8-15-12(17)11-5-4-10(7-14)18-11/h9-11,16H,4-8,14H2,1-3H3,(H,15,17). The zero-order valence-electron chi connectivity index (χ0n) is 11.6. The zero-order valence-corrected chi connectivity index (χ0v) is 11.6. The second kappa shape index (κ2) is 6.50. The quantitative estimate of drug-likeness (QED) is 0.666. The summed E-state index contributed by atoms with van der Waals surface area (Å²) < 4.78 is 5.49. The Balaban J connectivity index is 2.25. The van der Waals surface area contributed by atoms with Crippen molar-refractivity contribution in [2.75, 3.05) is 13.1 Å². The van der Waals surface area contributed by atoms with Gasteiger partial charge in [0.15, 0.2) is 0 Å². The van der Waals surface area contributed by atoms with Crippen LogP contribution in [0.1, 0.15) is 40.0 Å². The average Bonchev–Trinajstić information content (AvgIpc) is 2.72. The first-order valence-corrected chi connectivity index (χ1v) is 6.63. The van der Waals surface area contributed by atoms with Gasteiger partial charge in [-0.3, -0.25) is 4.79 Å². The van der Waals surface area contributed by atoms with Crippen LogP contribution in [0.4, 0.5) is 0 Å². The van der Waals surface area contributed by atoms with Crippen LogP contribution in [0.5, 0.6) is 0 Å². The molecule has 1 amide bonds. The van der Waals surface area contributed by atoms with Gasteiger partial charge in [-0.15, -0.1) is 0 Å². The number of carbonyl (C=O) groups excluding carboxylic acids is 1. The molecular formula is C13H26N2O3. The molecule has 1 rings (SSSR count). The predicted octanol–water partition coefficient (Wildman–Crippen LogP) is 0.406. The summed E-state index contributed by atoms with van der Waals surface area (Å²) in [7, 11) is 0. The fourth-order valence-electron chi connectivity index (χ4n) is 2.18. The van der Waals surface area contributed by atoms with Crippen LogP contribution in [-0.2, 0) is 9.53 Å². The lowest BCUT2D eigenvalue weighted by molar-refractivity contribution is -0.132. The molecule has 1 fully saturated rings. The molecule has 0 spiro atoms. The van der Waals surface area contributed by atoms with E-state index in [1.807, 2.05) is 0 Å². The number of aliphatic hydroxyl groups excluding tert-OH is 1. The number of hydrogen-bond donors (Lipinski definition) is 3. The third-order valence-corrected chi connectivity index (χ3v) is 3.02. The fraction of sp³-hybridized carbons (Fsp3) is 0.923. The maximum Gasteiger partial charge on any atom is 0.249 e. The number of carbonyl (C=O) groups is 1. The van der Waals surface area contributed by atoms with Gasteiger partial charge in [0.1, 0.15) is 6.10 Å². The highest BCUT2D eigenvalue weighted by Crippen LogP contribution is 2.21. The van der Waals surface area contributed by atoms with Crippen molar-refractivity contribution in [1.82, 2.24) is 5.32 Å². The lowest BCUT2D eigenvalue weighted by Crippen LogP contribution is -2.40. The maximum atomic E-state index is 11.8. The summed E-state index contributed by atoms with van der Waals surface area (Å²) in [5.41, 5.74) is 5.55. The van der Waals surface area contributed by atoms with Gasteiger partial charge < -0.3 is 20.9 Å². The van der Waals surface area contributed by atoms with E-state index in [0.717, 1.165) is 6.42 Å². The minimum absolute atomic E-state index is 0.000230. The first kappa shape index (κ1) is 15.4. The number of hydrogen-bond acceptors (Lipinski definition) is 4. The third kappa shape index (κ3) is 5.33. The van der Waals surface area contributed by atoms with Gasteiger partial charge in [-0.25, -0.2) is 0 Å². The third-order valence-electron chi connectivity index (χ3n) is 3.02. The molecule has 0 bridgehead atoms. The Hall–Kier alpha value is -0.650. The van der Waals surface area contributed by atoms with Crippen LogP contribution in [-0.4, -0.2) is 42.4 Å². The van der Waals surface area contributed by atoms with E-state index in [4.69, 9.17) is 10.5 Å². The Morgan fingerprint density at radius 3 is 2.67 bits per heavy atom. The Morgan fingerprint density at radius 1 is 1.50 bits per heavy atom. The smallest absolute Gasteiger partial charge is 0.249 e. The summed E-state index contributed by atoms with van der Waals surface area (Å²) in [5.74, 6) is -0.140. The van der Waals surface area contributed by atoms with Crippen molar-refractivity contribution in [2.24, 2.45) is 11.1 Å². The average molecular weight is 258 g/mol. The Labute approximate surface area is 109 Å². The Kier molecular flexibility index (Phi) is 5.56. The summed E-state index contributed by atoms with van der Waals surface area (Å²) in [6.07, 6.45) is 1.29. The second-order valence-corrected chi connectivity index (χ2v) is 6.22. The predicted molar refractivity (Wildman–Crippen MR) is 70.0 cm³/mol. The molecule has 0 aromatic carbocycles. The SMILES string of the molecule is CC(C)(C)CC(O)CNC(=O)C1CCC(CN)O1. The van der Waals surface area contributed by atoms with Crippen molar-refractivity contribution in [3.05, 3.63) is 0 Å². The maximum absolute atomic E-state index is 11.8. The number of aliphatic hydroxyl groups is 1. The zero-order chi connectivity index (χ0) is 13.8. The molecule has 1 aliphatic heterocycles. The van der Waals surface area contributed by atoms with Gasteiger partial charge in [0.25, 0.3) is 0 Å². The molecule has 5 nitrogen and oxygen atoms in total. The summed E-state index contributed by atoms with van der Waals surface area (Å²) in [5, 5.41) is 12.5. The Morgan fingerprint density at radius 2 is 2.17 bits per heavy atom. The van der Waals surface area contributed by atoms with Crippen LogP contribution >= 0.6 is 0 Å². The van der Waals surface area contributed by atoms with Crippen molar-refractivity contribution in [1.29, 1.82) is 0 Å². The van der Waals surface area contributed by atoms with Gasteiger partial charge >= 0.3 is 0 Å². The van der Waals surface area contributed by atoms with E-state index in [1.54, 1.807) is 0 Å². The molecule has 5 heteroatoms. The van der Waals surface area contributed by atoms with E-state index in [1.165, 1.54) is 0 Å². The largest absolute Gasteiger partial charge is 0.391 e. The molecule has 3 unspecified atom stereocenters. The van der Waals surface area contributed by atoms with E-state index >= 15 is 0 Å². The molecule has 1 aliphatic rings. The molecule has 0 radical (unpaired) electrons. The summed E-state index contributed by atoms with van der Waals surface area (Å²) >= 11 is 0. The molecule has 3 atom stereocenters. The Bertz CT molecular complexity index is 276. The van der Waals surface area contributed by atoms with Crippen molar-refractivity contribution in [2.45, 2.75) is 58.3 Å². The van der Waals surface area contributed by atoms with Crippen LogP contribution < -0.4 is 11.1 Å². The summed E-state index contributed by atoms with van der Waals surface area (Å²) in [6.45, 7) is 6.91. The number of amides is 1. The van der Waals surface area contributed by atoms with Crippen molar-refractivity contribution in [3.63, 3.8) is 0 Å². The number of nitrogens with two attached hydrogens (primary N) is 1. The lowest BCUT2D eigenvalue weighted by Gasteiger charge is -2.23. The van der Waals surface area contributed by atoms with Crippen molar-refractivity contribution >= 4 is 5.91 Å². The van der Waals surface area contributed by atoms with Crippen LogP contribution in [0, 0.1) is 5.41 Å². The van der Waals surface area contributed by atoms with Crippen LogP contribution in [0.3, 0.4) is 0 Å². The number of rotatable bonds is 5. The highest BCUT2D eigenvalue weighted by molar-refractivity contribution is 5.81.